The Kier molecular flexibility index (Phi) is 8.47. The van der Waals surface area contributed by atoms with E-state index < -0.39 is 0 Å². The molecule has 1 aliphatic heterocycles. The molecular formula is C27H32N4O3S. The summed E-state index contributed by atoms with van der Waals surface area (Å²) >= 11 is 1.62. The van der Waals surface area contributed by atoms with E-state index in [-0.39, 0.29) is 11.8 Å². The number of rotatable bonds is 9. The van der Waals surface area contributed by atoms with Gasteiger partial charge in [0.05, 0.1) is 18.9 Å². The summed E-state index contributed by atoms with van der Waals surface area (Å²) in [6.45, 7) is 8.52. The van der Waals surface area contributed by atoms with Crippen LogP contribution in [0.3, 0.4) is 0 Å². The second-order valence-corrected chi connectivity index (χ2v) is 9.44. The molecule has 1 N–H and O–H groups in total. The predicted octanol–water partition coefficient (Wildman–Crippen LogP) is 5.59. The number of carbonyl (C=O) groups excluding carboxylic acids is 1. The number of hydrogen-bond acceptors (Lipinski definition) is 7. The van der Waals surface area contributed by atoms with Gasteiger partial charge in [0.25, 0.3) is 0 Å². The van der Waals surface area contributed by atoms with Gasteiger partial charge in [0, 0.05) is 42.4 Å². The largest absolute Gasteiger partial charge is 0.494 e. The van der Waals surface area contributed by atoms with Gasteiger partial charge in [0.15, 0.2) is 5.82 Å². The lowest BCUT2D eigenvalue weighted by molar-refractivity contribution is -0.120. The zero-order valence-electron chi connectivity index (χ0n) is 20.5. The van der Waals surface area contributed by atoms with Gasteiger partial charge in [-0.2, -0.15) is 0 Å². The Balaban J connectivity index is 1.40. The number of piperidine rings is 1. The van der Waals surface area contributed by atoms with Crippen molar-refractivity contribution in [3.8, 4) is 11.5 Å². The fraction of sp³-hybridized carbons (Fsp3) is 0.370. The van der Waals surface area contributed by atoms with E-state index in [1.807, 2.05) is 32.0 Å². The van der Waals surface area contributed by atoms with Gasteiger partial charge in [0.1, 0.15) is 16.5 Å². The smallest absolute Gasteiger partial charge is 0.227 e. The van der Waals surface area contributed by atoms with Crippen LogP contribution in [0.2, 0.25) is 0 Å². The molecule has 1 saturated heterocycles. The Morgan fingerprint density at radius 2 is 1.74 bits per heavy atom. The average molecular weight is 493 g/mol. The Morgan fingerprint density at radius 3 is 2.46 bits per heavy atom. The molecule has 0 radical (unpaired) electrons. The van der Waals surface area contributed by atoms with Crippen LogP contribution in [0.5, 0.6) is 11.5 Å². The summed E-state index contributed by atoms with van der Waals surface area (Å²) < 4.78 is 11.3. The summed E-state index contributed by atoms with van der Waals surface area (Å²) in [5.41, 5.74) is 1.88. The van der Waals surface area contributed by atoms with E-state index in [1.54, 1.807) is 24.2 Å². The Bertz CT molecular complexity index is 1130. The number of benzene rings is 2. The number of amides is 1. The molecule has 0 atom stereocenters. The maximum atomic E-state index is 13.1. The summed E-state index contributed by atoms with van der Waals surface area (Å²) in [7, 11) is 0. The maximum absolute atomic E-state index is 13.1. The summed E-state index contributed by atoms with van der Waals surface area (Å²) in [6, 6.07) is 13.9. The summed E-state index contributed by atoms with van der Waals surface area (Å²) in [5, 5.41) is 3.96. The Morgan fingerprint density at radius 1 is 1.03 bits per heavy atom. The first-order valence-electron chi connectivity index (χ1n) is 12.1. The molecular weight excluding hydrogens is 460 g/mol. The van der Waals surface area contributed by atoms with E-state index >= 15 is 0 Å². The highest BCUT2D eigenvalue weighted by Gasteiger charge is 2.28. The van der Waals surface area contributed by atoms with Crippen LogP contribution < -0.4 is 19.7 Å². The molecule has 2 aromatic carbocycles. The van der Waals surface area contributed by atoms with Crippen molar-refractivity contribution in [2.24, 2.45) is 5.92 Å². The molecule has 0 bridgehead atoms. The van der Waals surface area contributed by atoms with Crippen molar-refractivity contribution in [2.45, 2.75) is 43.5 Å². The number of aryl methyl sites for hydroxylation is 1. The molecule has 1 aliphatic rings. The third-order valence-corrected chi connectivity index (χ3v) is 6.86. The molecule has 0 saturated carbocycles. The zero-order valence-corrected chi connectivity index (χ0v) is 21.3. The molecule has 4 rings (SSSR count). The zero-order chi connectivity index (χ0) is 24.6. The Hall–Kier alpha value is -3.26. The van der Waals surface area contributed by atoms with E-state index in [2.05, 4.69) is 51.4 Å². The van der Waals surface area contributed by atoms with E-state index in [1.165, 1.54) is 5.56 Å². The maximum Gasteiger partial charge on any atom is 0.227 e. The van der Waals surface area contributed by atoms with Crippen LogP contribution in [0.15, 0.2) is 64.8 Å². The van der Waals surface area contributed by atoms with Crippen LogP contribution in [0.25, 0.3) is 0 Å². The first-order chi connectivity index (χ1) is 17.1. The molecule has 0 unspecified atom stereocenters. The van der Waals surface area contributed by atoms with E-state index in [4.69, 9.17) is 9.47 Å². The van der Waals surface area contributed by atoms with Gasteiger partial charge in [-0.25, -0.2) is 9.97 Å². The minimum atomic E-state index is -0.0821. The van der Waals surface area contributed by atoms with Crippen LogP contribution in [0.1, 0.15) is 32.3 Å². The van der Waals surface area contributed by atoms with Crippen LogP contribution in [-0.2, 0) is 4.79 Å². The lowest BCUT2D eigenvalue weighted by Gasteiger charge is -2.32. The monoisotopic (exact) mass is 492 g/mol. The van der Waals surface area contributed by atoms with Crippen LogP contribution >= 0.6 is 11.8 Å². The number of nitrogens with zero attached hydrogens (tertiary/aromatic N) is 3. The van der Waals surface area contributed by atoms with E-state index in [0.717, 1.165) is 41.7 Å². The lowest BCUT2D eigenvalue weighted by Crippen LogP contribution is -2.39. The minimum Gasteiger partial charge on any atom is -0.494 e. The summed E-state index contributed by atoms with van der Waals surface area (Å²) in [5.74, 6) is 2.16. The molecule has 1 amide bonds. The quantitative estimate of drug-likeness (QED) is 0.417. The van der Waals surface area contributed by atoms with Crippen LogP contribution in [0, 0.1) is 12.8 Å². The van der Waals surface area contributed by atoms with Crippen molar-refractivity contribution in [1.82, 2.24) is 9.97 Å². The molecule has 7 nitrogen and oxygen atoms in total. The van der Waals surface area contributed by atoms with Crippen LogP contribution in [0.4, 0.5) is 11.5 Å². The predicted molar refractivity (Wildman–Crippen MR) is 140 cm³/mol. The number of ether oxygens (including phenoxy) is 2. The van der Waals surface area contributed by atoms with Gasteiger partial charge >= 0.3 is 0 Å². The van der Waals surface area contributed by atoms with Gasteiger partial charge < -0.3 is 19.7 Å². The highest BCUT2D eigenvalue weighted by Crippen LogP contribution is 2.35. The second kappa shape index (κ2) is 11.9. The van der Waals surface area contributed by atoms with Crippen molar-refractivity contribution < 1.29 is 14.3 Å². The van der Waals surface area contributed by atoms with Crippen molar-refractivity contribution >= 4 is 29.2 Å². The number of anilines is 2. The number of nitrogens with one attached hydrogen (secondary N) is 1. The van der Waals surface area contributed by atoms with Crippen LogP contribution in [-0.4, -0.2) is 42.2 Å². The lowest BCUT2D eigenvalue weighted by atomic mass is 9.96. The first-order valence-corrected chi connectivity index (χ1v) is 12.9. The fourth-order valence-corrected chi connectivity index (χ4v) is 4.94. The molecule has 0 spiro atoms. The SMILES string of the molecule is CCOc1ccc(OCC)c(NC(=O)C2CCN(c3nccnc3Sc3ccc(C)cc3)CC2)c1. The number of carbonyl (C=O) groups is 1. The summed E-state index contributed by atoms with van der Waals surface area (Å²) in [6.07, 6.45) is 4.94. The molecule has 0 aliphatic carbocycles. The molecule has 1 fully saturated rings. The van der Waals surface area contributed by atoms with Gasteiger partial charge in [-0.05, 0) is 57.9 Å². The topological polar surface area (TPSA) is 76.6 Å². The molecule has 2 heterocycles. The van der Waals surface area contributed by atoms with Crippen molar-refractivity contribution in [1.29, 1.82) is 0 Å². The normalized spacial score (nSPS) is 14.0. The minimum absolute atomic E-state index is 0.00708. The summed E-state index contributed by atoms with van der Waals surface area (Å²) in [4.78, 5) is 25.7. The molecule has 184 valence electrons. The molecule has 35 heavy (non-hydrogen) atoms. The number of hydrogen-bond donors (Lipinski definition) is 1. The van der Waals surface area contributed by atoms with Gasteiger partial charge in [-0.1, -0.05) is 29.5 Å². The third kappa shape index (κ3) is 6.45. The molecule has 8 heteroatoms. The number of aromatic nitrogens is 2. The second-order valence-electron chi connectivity index (χ2n) is 8.37. The van der Waals surface area contributed by atoms with Crippen molar-refractivity contribution in [3.63, 3.8) is 0 Å². The van der Waals surface area contributed by atoms with Crippen molar-refractivity contribution in [3.05, 3.63) is 60.4 Å². The van der Waals surface area contributed by atoms with Crippen molar-refractivity contribution in [2.75, 3.05) is 36.5 Å². The highest BCUT2D eigenvalue weighted by molar-refractivity contribution is 7.99. The fourth-order valence-electron chi connectivity index (χ4n) is 4.06. The molecule has 1 aromatic heterocycles. The van der Waals surface area contributed by atoms with Gasteiger partial charge in [0.2, 0.25) is 5.91 Å². The van der Waals surface area contributed by atoms with Gasteiger partial charge in [-0.15, -0.1) is 0 Å². The van der Waals surface area contributed by atoms with E-state index in [9.17, 15) is 4.79 Å². The highest BCUT2D eigenvalue weighted by atomic mass is 32.2. The average Bonchev–Trinajstić information content (AvgIpc) is 2.88. The van der Waals surface area contributed by atoms with Gasteiger partial charge in [-0.3, -0.25) is 4.79 Å². The third-order valence-electron chi connectivity index (χ3n) is 5.87. The first kappa shape index (κ1) is 24.9. The van der Waals surface area contributed by atoms with E-state index in [0.29, 0.717) is 30.4 Å². The standard InChI is InChI=1S/C27H32N4O3S/c1-4-33-21-8-11-24(34-5-2)23(18-21)30-26(32)20-12-16-31(17-13-20)25-27(29-15-14-28-25)35-22-9-6-19(3)7-10-22/h6-11,14-15,18,20H,4-5,12-13,16-17H2,1-3H3,(H,30,32). The molecule has 3 aromatic rings. The Labute approximate surface area is 211 Å².